The first kappa shape index (κ1) is 15.1. The first-order valence-electron chi connectivity index (χ1n) is 7.86. The van der Waals surface area contributed by atoms with E-state index in [0.717, 1.165) is 29.8 Å². The molecule has 1 atom stereocenters. The van der Waals surface area contributed by atoms with Crippen LogP contribution < -0.4 is 9.64 Å². The number of hydrogen-bond donors (Lipinski definition) is 0. The van der Waals surface area contributed by atoms with Crippen molar-refractivity contribution in [2.75, 3.05) is 18.1 Å². The number of fused-ring (bicyclic) bond motifs is 1. The van der Waals surface area contributed by atoms with E-state index in [9.17, 15) is 0 Å². The largest absolute Gasteiger partial charge is 0.477 e. The van der Waals surface area contributed by atoms with Gasteiger partial charge in [0.1, 0.15) is 5.01 Å². The summed E-state index contributed by atoms with van der Waals surface area (Å²) in [4.78, 5) is 10.8. The highest BCUT2D eigenvalue weighted by atomic mass is 32.1. The van der Waals surface area contributed by atoms with Crippen LogP contribution in [0.25, 0.3) is 0 Å². The monoisotopic (exact) mass is 342 g/mol. The van der Waals surface area contributed by atoms with E-state index in [2.05, 4.69) is 29.6 Å². The number of imidazole rings is 1. The van der Waals surface area contributed by atoms with Crippen molar-refractivity contribution in [2.24, 2.45) is 5.92 Å². The molecule has 0 bridgehead atoms. The molecule has 0 fully saturated rings. The average molecular weight is 342 g/mol. The van der Waals surface area contributed by atoms with E-state index in [0.29, 0.717) is 18.4 Å². The van der Waals surface area contributed by atoms with Crippen LogP contribution in [0.5, 0.6) is 5.88 Å². The summed E-state index contributed by atoms with van der Waals surface area (Å²) in [5.41, 5.74) is 1.18. The van der Waals surface area contributed by atoms with Crippen molar-refractivity contribution in [3.8, 4) is 5.88 Å². The van der Waals surface area contributed by atoms with Crippen LogP contribution in [0.15, 0.2) is 36.9 Å². The summed E-state index contributed by atoms with van der Waals surface area (Å²) in [5, 5.41) is 10.4. The molecule has 124 valence electrons. The van der Waals surface area contributed by atoms with Gasteiger partial charge < -0.3 is 14.2 Å². The maximum atomic E-state index is 5.88. The number of aromatic nitrogens is 5. The Labute approximate surface area is 144 Å². The molecule has 24 heavy (non-hydrogen) atoms. The number of anilines is 1. The standard InChI is InChI=1S/C16H18N6OS/c1-12-19-20-16(24-12)21-7-13(8-22-11-17-6-14(22)9-21)10-23-15-4-2-3-5-18-15/h2-6,11,13H,7-10H2,1H3. The molecule has 3 aromatic heterocycles. The van der Waals surface area contributed by atoms with Crippen LogP contribution in [0, 0.1) is 12.8 Å². The Balaban J connectivity index is 1.53. The summed E-state index contributed by atoms with van der Waals surface area (Å²) in [6.45, 7) is 5.10. The number of hydrogen-bond acceptors (Lipinski definition) is 7. The molecule has 0 spiro atoms. The van der Waals surface area contributed by atoms with Gasteiger partial charge in [-0.25, -0.2) is 9.97 Å². The first-order chi connectivity index (χ1) is 11.8. The van der Waals surface area contributed by atoms with E-state index in [1.807, 2.05) is 37.6 Å². The van der Waals surface area contributed by atoms with E-state index >= 15 is 0 Å². The fourth-order valence-electron chi connectivity index (χ4n) is 2.85. The van der Waals surface area contributed by atoms with Crippen molar-refractivity contribution < 1.29 is 4.74 Å². The van der Waals surface area contributed by atoms with Crippen LogP contribution >= 0.6 is 11.3 Å². The second kappa shape index (κ2) is 6.56. The molecule has 0 radical (unpaired) electrons. The molecule has 1 unspecified atom stereocenters. The predicted octanol–water partition coefficient (Wildman–Crippen LogP) is 2.15. The summed E-state index contributed by atoms with van der Waals surface area (Å²) < 4.78 is 8.07. The van der Waals surface area contributed by atoms with Crippen molar-refractivity contribution >= 4 is 16.5 Å². The molecule has 0 saturated heterocycles. The molecule has 7 nitrogen and oxygen atoms in total. The number of aryl methyl sites for hydroxylation is 1. The van der Waals surface area contributed by atoms with Gasteiger partial charge in [-0.3, -0.25) is 0 Å². The smallest absolute Gasteiger partial charge is 0.213 e. The van der Waals surface area contributed by atoms with Gasteiger partial charge >= 0.3 is 0 Å². The third kappa shape index (κ3) is 3.23. The van der Waals surface area contributed by atoms with Crippen LogP contribution in [0.4, 0.5) is 5.13 Å². The Morgan fingerprint density at radius 1 is 1.29 bits per heavy atom. The molecule has 3 aromatic rings. The molecular formula is C16H18N6OS. The van der Waals surface area contributed by atoms with Crippen molar-refractivity contribution in [1.82, 2.24) is 24.7 Å². The first-order valence-corrected chi connectivity index (χ1v) is 8.67. The Bertz CT molecular complexity index is 802. The molecule has 1 aliphatic heterocycles. The Morgan fingerprint density at radius 3 is 3.04 bits per heavy atom. The highest BCUT2D eigenvalue weighted by Gasteiger charge is 2.24. The van der Waals surface area contributed by atoms with Crippen molar-refractivity contribution in [3.63, 3.8) is 0 Å². The van der Waals surface area contributed by atoms with Crippen LogP contribution in [0.3, 0.4) is 0 Å². The SMILES string of the molecule is Cc1nnc(N2Cc3cncn3CC(COc3ccccn3)C2)s1. The number of nitrogens with zero attached hydrogens (tertiary/aromatic N) is 6. The minimum absolute atomic E-state index is 0.312. The Hall–Kier alpha value is -2.48. The summed E-state index contributed by atoms with van der Waals surface area (Å²) in [6.07, 6.45) is 5.55. The molecule has 4 rings (SSSR count). The minimum Gasteiger partial charge on any atom is -0.477 e. The summed E-state index contributed by atoms with van der Waals surface area (Å²) >= 11 is 1.62. The van der Waals surface area contributed by atoms with Gasteiger partial charge in [0.05, 0.1) is 25.2 Å². The van der Waals surface area contributed by atoms with E-state index in [-0.39, 0.29) is 0 Å². The molecule has 4 heterocycles. The second-order valence-corrected chi connectivity index (χ2v) is 7.03. The number of pyridine rings is 1. The highest BCUT2D eigenvalue weighted by molar-refractivity contribution is 7.15. The molecule has 0 saturated carbocycles. The van der Waals surface area contributed by atoms with Gasteiger partial charge in [0.25, 0.3) is 0 Å². The van der Waals surface area contributed by atoms with Gasteiger partial charge in [-0.15, -0.1) is 10.2 Å². The molecule has 1 aliphatic rings. The third-order valence-corrected chi connectivity index (χ3v) is 4.87. The number of ether oxygens (including phenoxy) is 1. The Morgan fingerprint density at radius 2 is 2.25 bits per heavy atom. The summed E-state index contributed by atoms with van der Waals surface area (Å²) in [5.74, 6) is 0.970. The van der Waals surface area contributed by atoms with Crippen LogP contribution in [-0.2, 0) is 13.1 Å². The van der Waals surface area contributed by atoms with Crippen molar-refractivity contribution in [3.05, 3.63) is 47.6 Å². The highest BCUT2D eigenvalue weighted by Crippen LogP contribution is 2.26. The lowest BCUT2D eigenvalue weighted by molar-refractivity contribution is 0.229. The van der Waals surface area contributed by atoms with Crippen LogP contribution in [-0.4, -0.2) is 37.9 Å². The fraction of sp³-hybridized carbons (Fsp3) is 0.375. The van der Waals surface area contributed by atoms with E-state index < -0.39 is 0 Å². The normalized spacial score (nSPS) is 17.4. The molecule has 0 amide bonds. The molecule has 8 heteroatoms. The second-order valence-electron chi connectivity index (χ2n) is 5.87. The quantitative estimate of drug-likeness (QED) is 0.724. The van der Waals surface area contributed by atoms with Gasteiger partial charge in [-0.05, 0) is 13.0 Å². The Kier molecular flexibility index (Phi) is 4.12. The van der Waals surface area contributed by atoms with Gasteiger partial charge in [0.15, 0.2) is 0 Å². The summed E-state index contributed by atoms with van der Waals surface area (Å²) in [6, 6.07) is 5.70. The molecular weight excluding hydrogens is 324 g/mol. The van der Waals surface area contributed by atoms with Crippen LogP contribution in [0.2, 0.25) is 0 Å². The summed E-state index contributed by atoms with van der Waals surface area (Å²) in [7, 11) is 0. The predicted molar refractivity (Wildman–Crippen MR) is 91.1 cm³/mol. The lowest BCUT2D eigenvalue weighted by Gasteiger charge is -2.23. The zero-order valence-corrected chi connectivity index (χ0v) is 14.2. The maximum Gasteiger partial charge on any atom is 0.213 e. The van der Waals surface area contributed by atoms with Crippen molar-refractivity contribution in [2.45, 2.75) is 20.0 Å². The van der Waals surface area contributed by atoms with Crippen LogP contribution in [0.1, 0.15) is 10.7 Å². The average Bonchev–Trinajstić information content (AvgIpc) is 3.18. The maximum absolute atomic E-state index is 5.88. The van der Waals surface area contributed by atoms with E-state index in [4.69, 9.17) is 4.74 Å². The number of rotatable bonds is 4. The topological polar surface area (TPSA) is 69.0 Å². The fourth-order valence-corrected chi connectivity index (χ4v) is 3.55. The minimum atomic E-state index is 0.312. The lowest BCUT2D eigenvalue weighted by Crippen LogP contribution is -2.31. The van der Waals surface area contributed by atoms with Crippen molar-refractivity contribution in [1.29, 1.82) is 0 Å². The zero-order valence-electron chi connectivity index (χ0n) is 13.4. The third-order valence-electron chi connectivity index (χ3n) is 3.98. The van der Waals surface area contributed by atoms with Gasteiger partial charge in [-0.2, -0.15) is 0 Å². The molecule has 0 N–H and O–H groups in total. The lowest BCUT2D eigenvalue weighted by atomic mass is 10.1. The zero-order chi connectivity index (χ0) is 16.4. The van der Waals surface area contributed by atoms with Gasteiger partial charge in [0.2, 0.25) is 11.0 Å². The van der Waals surface area contributed by atoms with E-state index in [1.165, 1.54) is 5.69 Å². The molecule has 0 aromatic carbocycles. The van der Waals surface area contributed by atoms with Gasteiger partial charge in [0, 0.05) is 37.5 Å². The van der Waals surface area contributed by atoms with Gasteiger partial charge in [-0.1, -0.05) is 17.4 Å². The van der Waals surface area contributed by atoms with E-state index in [1.54, 1.807) is 17.5 Å². The molecule has 0 aliphatic carbocycles.